The summed E-state index contributed by atoms with van der Waals surface area (Å²) >= 11 is 0. The van der Waals surface area contributed by atoms with E-state index in [0.717, 1.165) is 47.3 Å². The molecular weight excluding hydrogens is 748 g/mol. The van der Waals surface area contributed by atoms with Crippen molar-refractivity contribution in [1.82, 2.24) is 0 Å². The van der Waals surface area contributed by atoms with E-state index in [1.807, 2.05) is 6.07 Å². The second-order valence-corrected chi connectivity index (χ2v) is 12.4. The van der Waals surface area contributed by atoms with Crippen LogP contribution in [0, 0.1) is 0 Å². The molecule has 2 saturated heterocycles. The average Bonchev–Trinajstić information content (AvgIpc) is 3.14. The van der Waals surface area contributed by atoms with Crippen molar-refractivity contribution < 1.29 is 90.8 Å². The molecule has 1 N–H and O–H groups in total. The molecule has 0 radical (unpaired) electrons. The van der Waals surface area contributed by atoms with Crippen LogP contribution in [0.1, 0.15) is 50.5 Å². The topological polar surface area (TPSA) is 241 Å². The van der Waals surface area contributed by atoms with E-state index in [2.05, 4.69) is 0 Å². The van der Waals surface area contributed by atoms with Crippen LogP contribution in [-0.2, 0) is 82.7 Å². The zero-order valence-electron chi connectivity index (χ0n) is 31.2. The van der Waals surface area contributed by atoms with E-state index in [0.29, 0.717) is 0 Å². The van der Waals surface area contributed by atoms with E-state index in [9.17, 15) is 38.7 Å². The van der Waals surface area contributed by atoms with Crippen LogP contribution >= 0.6 is 0 Å². The number of aliphatic hydroxyl groups excluding tert-OH is 1. The molecule has 4 rings (SSSR count). The summed E-state index contributed by atoms with van der Waals surface area (Å²) in [4.78, 5) is 86.4. The molecule has 0 spiro atoms. The Kier molecular flexibility index (Phi) is 15.2. The molecule has 2 aliphatic rings. The SMILES string of the molecule is COC(=O)[C@H]1O[C@@H](OC[C@H]2O[C@@H](Oc3ccc(C(=O)OCc4ccccc4)cc3)[C@H](O)[C@@H](OC(C)=O)[C@H]2OC(C)=O)[C@H](OC(C)=O)[C@@H](OC(C)=O)[C@@H]1OC(C)=O. The van der Waals surface area contributed by atoms with Crippen LogP contribution in [0.5, 0.6) is 5.75 Å². The summed E-state index contributed by atoms with van der Waals surface area (Å²) in [6.45, 7) is 4.49. The maximum atomic E-state index is 12.8. The average molecular weight is 791 g/mol. The Morgan fingerprint density at radius 2 is 1.16 bits per heavy atom. The van der Waals surface area contributed by atoms with Gasteiger partial charge in [0.1, 0.15) is 18.5 Å². The van der Waals surface area contributed by atoms with Crippen molar-refractivity contribution in [2.75, 3.05) is 13.7 Å². The Morgan fingerprint density at radius 1 is 0.625 bits per heavy atom. The van der Waals surface area contributed by atoms with E-state index in [4.69, 9.17) is 52.1 Å². The van der Waals surface area contributed by atoms with Gasteiger partial charge in [0.2, 0.25) is 6.29 Å². The third-order valence-corrected chi connectivity index (χ3v) is 8.03. The summed E-state index contributed by atoms with van der Waals surface area (Å²) in [6, 6.07) is 14.6. The van der Waals surface area contributed by atoms with Crippen LogP contribution in [0.25, 0.3) is 0 Å². The van der Waals surface area contributed by atoms with E-state index in [-0.39, 0.29) is 17.9 Å². The monoisotopic (exact) mass is 790 g/mol. The van der Waals surface area contributed by atoms with Crippen molar-refractivity contribution in [2.45, 2.75) is 103 Å². The lowest BCUT2D eigenvalue weighted by molar-refractivity contribution is -0.322. The van der Waals surface area contributed by atoms with E-state index in [1.54, 1.807) is 24.3 Å². The van der Waals surface area contributed by atoms with Crippen molar-refractivity contribution in [3.05, 3.63) is 65.7 Å². The van der Waals surface area contributed by atoms with E-state index in [1.165, 1.54) is 24.3 Å². The Morgan fingerprint density at radius 3 is 1.73 bits per heavy atom. The summed E-state index contributed by atoms with van der Waals surface area (Å²) in [5, 5.41) is 11.3. The quantitative estimate of drug-likeness (QED) is 0.208. The number of hydrogen-bond acceptors (Lipinski definition) is 19. The number of rotatable bonds is 14. The Bertz CT molecular complexity index is 1710. The van der Waals surface area contributed by atoms with Crippen LogP contribution in [0.15, 0.2) is 54.6 Å². The van der Waals surface area contributed by atoms with Crippen LogP contribution in [-0.4, -0.2) is 122 Å². The zero-order valence-corrected chi connectivity index (χ0v) is 31.2. The fourth-order valence-corrected chi connectivity index (χ4v) is 5.80. The molecule has 19 heteroatoms. The predicted octanol–water partition coefficient (Wildman–Crippen LogP) is 1.08. The summed E-state index contributed by atoms with van der Waals surface area (Å²) in [5.41, 5.74) is 0.966. The van der Waals surface area contributed by atoms with Gasteiger partial charge in [-0.25, -0.2) is 9.59 Å². The molecule has 56 heavy (non-hydrogen) atoms. The van der Waals surface area contributed by atoms with Gasteiger partial charge in [0.15, 0.2) is 49.0 Å². The van der Waals surface area contributed by atoms with Crippen LogP contribution in [0.4, 0.5) is 0 Å². The highest BCUT2D eigenvalue weighted by Gasteiger charge is 2.56. The van der Waals surface area contributed by atoms with Crippen LogP contribution in [0.2, 0.25) is 0 Å². The first-order chi connectivity index (χ1) is 26.6. The van der Waals surface area contributed by atoms with Gasteiger partial charge in [-0.05, 0) is 29.8 Å². The number of benzene rings is 2. The first-order valence-electron chi connectivity index (χ1n) is 17.1. The molecule has 0 unspecified atom stereocenters. The first kappa shape index (κ1) is 43.1. The lowest BCUT2D eigenvalue weighted by atomic mass is 9.97. The van der Waals surface area contributed by atoms with Gasteiger partial charge in [-0.3, -0.25) is 24.0 Å². The van der Waals surface area contributed by atoms with Crippen molar-refractivity contribution in [2.24, 2.45) is 0 Å². The fraction of sp³-hybridized carbons (Fsp3) is 0.486. The van der Waals surface area contributed by atoms with E-state index < -0.39 is 110 Å². The van der Waals surface area contributed by atoms with Gasteiger partial charge in [-0.15, -0.1) is 0 Å². The fourth-order valence-electron chi connectivity index (χ4n) is 5.80. The molecule has 2 fully saturated rings. The highest BCUT2D eigenvalue weighted by molar-refractivity contribution is 5.89. The molecule has 19 nitrogen and oxygen atoms in total. The number of hydrogen-bond donors (Lipinski definition) is 1. The van der Waals surface area contributed by atoms with Gasteiger partial charge >= 0.3 is 41.8 Å². The van der Waals surface area contributed by atoms with E-state index >= 15 is 0 Å². The second kappa shape index (κ2) is 19.8. The van der Waals surface area contributed by atoms with Gasteiger partial charge in [0.05, 0.1) is 19.3 Å². The minimum absolute atomic E-state index is 0.0403. The summed E-state index contributed by atoms with van der Waals surface area (Å²) in [7, 11) is 1.01. The number of aliphatic hydroxyl groups is 1. The molecule has 2 heterocycles. The number of carbonyl (C=O) groups is 7. The molecule has 2 aromatic rings. The third-order valence-electron chi connectivity index (χ3n) is 8.03. The Balaban J connectivity index is 1.61. The number of esters is 7. The summed E-state index contributed by atoms with van der Waals surface area (Å²) < 4.78 is 60.5. The predicted molar refractivity (Wildman–Crippen MR) is 182 cm³/mol. The maximum Gasteiger partial charge on any atom is 0.339 e. The van der Waals surface area contributed by atoms with Crippen LogP contribution < -0.4 is 4.74 Å². The highest BCUT2D eigenvalue weighted by Crippen LogP contribution is 2.33. The standard InChI is InChI=1S/C37H42O19/c1-18(38)49-28-26(17-48-37-33(53-22(5)42)31(52-21(4)41)30(51-20(3)40)32(56-37)35(45)46-6)55-36(27(43)29(28)50-19(2)39)54-25-14-12-24(13-15-25)34(44)47-16-23-10-8-7-9-11-23/h7-15,26-33,36-37,43H,16-17H2,1-6H3/t26-,27-,28+,29-,30+,31+,32+,33-,36-,37-/m1/s1. The molecule has 0 amide bonds. The zero-order chi connectivity index (χ0) is 41.1. The van der Waals surface area contributed by atoms with Crippen molar-refractivity contribution >= 4 is 41.8 Å². The Hall–Kier alpha value is -5.63. The molecule has 0 aromatic heterocycles. The van der Waals surface area contributed by atoms with Gasteiger partial charge < -0.3 is 57.2 Å². The molecule has 304 valence electrons. The highest BCUT2D eigenvalue weighted by atomic mass is 16.8. The first-order valence-corrected chi connectivity index (χ1v) is 17.1. The molecule has 2 aliphatic heterocycles. The van der Waals surface area contributed by atoms with Crippen molar-refractivity contribution in [3.63, 3.8) is 0 Å². The molecule has 0 bridgehead atoms. The smallest absolute Gasteiger partial charge is 0.339 e. The molecular formula is C37H42O19. The largest absolute Gasteiger partial charge is 0.467 e. The number of carbonyl (C=O) groups excluding carboxylic acids is 7. The molecule has 0 aliphatic carbocycles. The second-order valence-electron chi connectivity index (χ2n) is 12.4. The molecule has 10 atom stereocenters. The minimum Gasteiger partial charge on any atom is -0.467 e. The van der Waals surface area contributed by atoms with Gasteiger partial charge in [-0.1, -0.05) is 30.3 Å². The minimum atomic E-state index is -1.79. The number of ether oxygens (including phenoxy) is 11. The summed E-state index contributed by atoms with van der Waals surface area (Å²) in [5.74, 6) is -6.14. The van der Waals surface area contributed by atoms with Gasteiger partial charge in [0, 0.05) is 34.6 Å². The van der Waals surface area contributed by atoms with Crippen molar-refractivity contribution in [3.8, 4) is 5.75 Å². The summed E-state index contributed by atoms with van der Waals surface area (Å²) in [6.07, 6.45) is -16.7. The number of methoxy groups -OCH3 is 1. The lowest BCUT2D eigenvalue weighted by Crippen LogP contribution is -2.65. The lowest BCUT2D eigenvalue weighted by Gasteiger charge is -2.45. The van der Waals surface area contributed by atoms with Crippen molar-refractivity contribution in [1.29, 1.82) is 0 Å². The van der Waals surface area contributed by atoms with Gasteiger partial charge in [-0.2, -0.15) is 0 Å². The van der Waals surface area contributed by atoms with Gasteiger partial charge in [0.25, 0.3) is 0 Å². The Labute approximate surface area is 320 Å². The van der Waals surface area contributed by atoms with Crippen LogP contribution in [0.3, 0.4) is 0 Å². The molecule has 0 saturated carbocycles. The molecule has 2 aromatic carbocycles. The maximum absolute atomic E-state index is 12.8. The third kappa shape index (κ3) is 11.7. The normalized spacial score (nSPS) is 27.1.